The Morgan fingerprint density at radius 2 is 1.73 bits per heavy atom. The summed E-state index contributed by atoms with van der Waals surface area (Å²) < 4.78 is 43.5. The van der Waals surface area contributed by atoms with Crippen molar-refractivity contribution in [1.29, 1.82) is 5.26 Å². The second-order valence-corrected chi connectivity index (χ2v) is 8.59. The first-order valence-electron chi connectivity index (χ1n) is 11.4. The Kier molecular flexibility index (Phi) is 8.73. The minimum Gasteiger partial charge on any atom is -0.448 e. The summed E-state index contributed by atoms with van der Waals surface area (Å²) in [5, 5.41) is 14.4. The third kappa shape index (κ3) is 6.98. The number of alkyl halides is 3. The van der Waals surface area contributed by atoms with Crippen LogP contribution in [0.3, 0.4) is 0 Å². The van der Waals surface area contributed by atoms with E-state index in [1.54, 1.807) is 24.3 Å². The minimum atomic E-state index is -4.51. The molecule has 3 amide bonds. The van der Waals surface area contributed by atoms with Crippen molar-refractivity contribution in [3.63, 3.8) is 0 Å². The van der Waals surface area contributed by atoms with E-state index in [0.717, 1.165) is 24.3 Å². The van der Waals surface area contributed by atoms with Crippen LogP contribution in [-0.2, 0) is 27.0 Å². The van der Waals surface area contributed by atoms with Gasteiger partial charge < -0.3 is 20.7 Å². The van der Waals surface area contributed by atoms with Crippen LogP contribution in [0.5, 0.6) is 0 Å². The zero-order valence-electron chi connectivity index (χ0n) is 19.8. The highest BCUT2D eigenvalue weighted by atomic mass is 19.4. The van der Waals surface area contributed by atoms with Crippen LogP contribution in [0.4, 0.5) is 23.7 Å². The molecule has 1 aliphatic rings. The highest BCUT2D eigenvalue weighted by Gasteiger charge is 2.43. The Morgan fingerprint density at radius 3 is 2.32 bits per heavy atom. The molecule has 9 nitrogen and oxygen atoms in total. The Bertz CT molecular complexity index is 1170. The second kappa shape index (κ2) is 11.7. The maximum absolute atomic E-state index is 13.3. The molecule has 0 saturated carbocycles. The lowest BCUT2D eigenvalue weighted by Crippen LogP contribution is -2.53. The summed E-state index contributed by atoms with van der Waals surface area (Å²) in [4.78, 5) is 39.2. The molecule has 1 fully saturated rings. The molecular formula is C25H26F3N5O4. The summed E-state index contributed by atoms with van der Waals surface area (Å²) in [5.41, 5.74) is 4.53. The summed E-state index contributed by atoms with van der Waals surface area (Å²) in [6.07, 6.45) is -5.06. The molecule has 0 aromatic heterocycles. The molecule has 0 unspecified atom stereocenters. The molecule has 0 spiro atoms. The zero-order chi connectivity index (χ0) is 27.1. The van der Waals surface area contributed by atoms with Crippen LogP contribution >= 0.6 is 0 Å². The van der Waals surface area contributed by atoms with Gasteiger partial charge in [0.1, 0.15) is 6.61 Å². The number of hydrogen-bond acceptors (Lipinski definition) is 6. The predicted molar refractivity (Wildman–Crippen MR) is 127 cm³/mol. The number of anilines is 1. The molecule has 0 bridgehead atoms. The molecule has 1 saturated heterocycles. The number of ether oxygens (including phenoxy) is 1. The summed E-state index contributed by atoms with van der Waals surface area (Å²) in [7, 11) is 0. The summed E-state index contributed by atoms with van der Waals surface area (Å²) in [5.74, 6) is -0.680. The van der Waals surface area contributed by atoms with Crippen LogP contribution in [0.1, 0.15) is 29.5 Å². The van der Waals surface area contributed by atoms with E-state index in [0.29, 0.717) is 11.1 Å². The summed E-state index contributed by atoms with van der Waals surface area (Å²) in [6, 6.07) is 12.7. The number of nitrogens with one attached hydrogen (secondary N) is 2. The standard InChI is InChI=1S/C25H26F3N5O4/c26-25(27,28)19-5-7-20(8-6-19)32-23(36)37-16-24(9-11-33(12-10-24)21(34)14-30)22(35)31-15-18-4-2-1-3-17(18)13-29/h1-8H,9-12,14-16,30H2,(H,31,35)(H,32,36). The highest BCUT2D eigenvalue weighted by molar-refractivity contribution is 5.86. The fourth-order valence-corrected chi connectivity index (χ4v) is 4.00. The Labute approximate surface area is 211 Å². The molecule has 12 heteroatoms. The van der Waals surface area contributed by atoms with Crippen molar-refractivity contribution in [2.45, 2.75) is 25.6 Å². The van der Waals surface area contributed by atoms with Crippen LogP contribution < -0.4 is 16.4 Å². The van der Waals surface area contributed by atoms with Crippen molar-refractivity contribution >= 4 is 23.6 Å². The Morgan fingerprint density at radius 1 is 1.08 bits per heavy atom. The number of nitriles is 1. The molecule has 0 radical (unpaired) electrons. The number of hydrogen-bond donors (Lipinski definition) is 3. The van der Waals surface area contributed by atoms with E-state index in [9.17, 15) is 32.8 Å². The topological polar surface area (TPSA) is 138 Å². The summed E-state index contributed by atoms with van der Waals surface area (Å²) >= 11 is 0. The molecule has 196 valence electrons. The first kappa shape index (κ1) is 27.5. The van der Waals surface area contributed by atoms with Crippen LogP contribution in [0.2, 0.25) is 0 Å². The lowest BCUT2D eigenvalue weighted by Gasteiger charge is -2.40. The summed E-state index contributed by atoms with van der Waals surface area (Å²) in [6.45, 7) is 0.0315. The molecule has 4 N–H and O–H groups in total. The third-order valence-corrected chi connectivity index (χ3v) is 6.24. The normalized spacial score (nSPS) is 14.8. The van der Waals surface area contributed by atoms with Crippen LogP contribution in [0.15, 0.2) is 48.5 Å². The average molecular weight is 518 g/mol. The van der Waals surface area contributed by atoms with Gasteiger partial charge >= 0.3 is 12.3 Å². The molecule has 0 atom stereocenters. The Hall–Kier alpha value is -4.11. The van der Waals surface area contributed by atoms with Gasteiger partial charge in [-0.05, 0) is 48.7 Å². The van der Waals surface area contributed by atoms with Crippen LogP contribution in [0.25, 0.3) is 0 Å². The highest BCUT2D eigenvalue weighted by Crippen LogP contribution is 2.33. The molecular weight excluding hydrogens is 491 g/mol. The van der Waals surface area contributed by atoms with Crippen molar-refractivity contribution < 1.29 is 32.3 Å². The predicted octanol–water partition coefficient (Wildman–Crippen LogP) is 3.01. The van der Waals surface area contributed by atoms with Crippen LogP contribution in [-0.4, -0.2) is 49.0 Å². The van der Waals surface area contributed by atoms with Crippen molar-refractivity contribution in [2.24, 2.45) is 11.1 Å². The molecule has 2 aromatic rings. The maximum atomic E-state index is 13.3. The van der Waals surface area contributed by atoms with Crippen molar-refractivity contribution in [1.82, 2.24) is 10.2 Å². The number of halogens is 3. The molecule has 3 rings (SSSR count). The van der Waals surface area contributed by atoms with Gasteiger partial charge in [0.05, 0.1) is 29.2 Å². The van der Waals surface area contributed by atoms with Crippen molar-refractivity contribution in [2.75, 3.05) is 31.6 Å². The lowest BCUT2D eigenvalue weighted by atomic mass is 9.78. The average Bonchev–Trinajstić information content (AvgIpc) is 2.90. The number of rotatable bonds is 7. The minimum absolute atomic E-state index is 0.0769. The van der Waals surface area contributed by atoms with Gasteiger partial charge in [-0.1, -0.05) is 18.2 Å². The number of likely N-dealkylation sites (tertiary alicyclic amines) is 1. The zero-order valence-corrected chi connectivity index (χ0v) is 19.8. The van der Waals surface area contributed by atoms with Crippen molar-refractivity contribution in [3.8, 4) is 6.07 Å². The second-order valence-electron chi connectivity index (χ2n) is 8.59. The van der Waals surface area contributed by atoms with Gasteiger partial charge in [-0.25, -0.2) is 4.79 Å². The molecule has 2 aromatic carbocycles. The fraction of sp³-hybridized carbons (Fsp3) is 0.360. The van der Waals surface area contributed by atoms with Crippen LogP contribution in [0, 0.1) is 16.7 Å². The molecule has 0 aliphatic carbocycles. The third-order valence-electron chi connectivity index (χ3n) is 6.24. The molecule has 37 heavy (non-hydrogen) atoms. The molecule has 1 aliphatic heterocycles. The fourth-order valence-electron chi connectivity index (χ4n) is 4.00. The van der Waals surface area contributed by atoms with Gasteiger partial charge in [-0.15, -0.1) is 0 Å². The van der Waals surface area contributed by atoms with E-state index in [1.807, 2.05) is 0 Å². The first-order chi connectivity index (χ1) is 17.6. The number of nitrogens with two attached hydrogens (primary N) is 1. The van der Waals surface area contributed by atoms with Gasteiger partial charge in [-0.3, -0.25) is 14.9 Å². The molecule has 1 heterocycles. The van der Waals surface area contributed by atoms with E-state index in [1.165, 1.54) is 4.90 Å². The maximum Gasteiger partial charge on any atom is 0.416 e. The van der Waals surface area contributed by atoms with E-state index >= 15 is 0 Å². The van der Waals surface area contributed by atoms with E-state index < -0.39 is 29.2 Å². The lowest BCUT2D eigenvalue weighted by molar-refractivity contribution is -0.142. The van der Waals surface area contributed by atoms with E-state index in [4.69, 9.17) is 10.5 Å². The van der Waals surface area contributed by atoms with Gasteiger partial charge in [0, 0.05) is 25.3 Å². The van der Waals surface area contributed by atoms with E-state index in [-0.39, 0.29) is 57.2 Å². The SMILES string of the molecule is N#Cc1ccccc1CNC(=O)C1(COC(=O)Nc2ccc(C(F)(F)F)cc2)CCN(C(=O)CN)CC1. The monoisotopic (exact) mass is 517 g/mol. The van der Waals surface area contributed by atoms with Gasteiger partial charge in [-0.2, -0.15) is 18.4 Å². The quantitative estimate of drug-likeness (QED) is 0.516. The van der Waals surface area contributed by atoms with E-state index in [2.05, 4.69) is 16.7 Å². The number of carbonyl (C=O) groups excluding carboxylic acids is 3. The first-order valence-corrected chi connectivity index (χ1v) is 11.4. The van der Waals surface area contributed by atoms with Gasteiger partial charge in [0.15, 0.2) is 0 Å². The number of nitrogens with zero attached hydrogens (tertiary/aromatic N) is 2. The number of piperidine rings is 1. The van der Waals surface area contributed by atoms with Gasteiger partial charge in [0.2, 0.25) is 11.8 Å². The number of carbonyl (C=O) groups is 3. The van der Waals surface area contributed by atoms with Gasteiger partial charge in [0.25, 0.3) is 0 Å². The number of amides is 3. The smallest absolute Gasteiger partial charge is 0.416 e. The Balaban J connectivity index is 1.68. The largest absolute Gasteiger partial charge is 0.448 e. The van der Waals surface area contributed by atoms with Crippen molar-refractivity contribution in [3.05, 3.63) is 65.2 Å². The number of benzene rings is 2.